The number of morpholine rings is 1. The molecule has 10 nitrogen and oxygen atoms in total. The molecule has 116 valence electrons. The molecule has 0 aromatic carbocycles. The molecule has 0 aliphatic carbocycles. The van der Waals surface area contributed by atoms with Gasteiger partial charge in [0.05, 0.1) is 32.1 Å². The fourth-order valence-corrected chi connectivity index (χ4v) is 2.16. The van der Waals surface area contributed by atoms with Crippen LogP contribution in [0.2, 0.25) is 0 Å². The van der Waals surface area contributed by atoms with Gasteiger partial charge in [0.2, 0.25) is 0 Å². The Kier molecular flexibility index (Phi) is 4.40. The smallest absolute Gasteiger partial charge is 0.351 e. The summed E-state index contributed by atoms with van der Waals surface area (Å²) in [5.41, 5.74) is 4.61. The summed E-state index contributed by atoms with van der Waals surface area (Å²) < 4.78 is 6.40. The zero-order valence-electron chi connectivity index (χ0n) is 11.0. The van der Waals surface area contributed by atoms with E-state index < -0.39 is 23.9 Å². The first-order valence-corrected chi connectivity index (χ1v) is 6.18. The van der Waals surface area contributed by atoms with Crippen molar-refractivity contribution in [2.45, 2.75) is 12.3 Å². The molecule has 10 heteroatoms. The number of aromatic hydroxyl groups is 1. The lowest BCUT2D eigenvalue weighted by molar-refractivity contribution is -0.147. The summed E-state index contributed by atoms with van der Waals surface area (Å²) in [4.78, 5) is 27.7. The maximum Gasteiger partial charge on any atom is 0.351 e. The number of hydrogen-bond acceptors (Lipinski definition) is 8. The van der Waals surface area contributed by atoms with E-state index in [1.807, 2.05) is 0 Å². The minimum absolute atomic E-state index is 0.0244. The number of carboxylic acids is 1. The summed E-state index contributed by atoms with van der Waals surface area (Å²) in [6, 6.07) is 0. The highest BCUT2D eigenvalue weighted by Crippen LogP contribution is 2.22. The number of aromatic nitrogens is 2. The van der Waals surface area contributed by atoms with Gasteiger partial charge in [-0.1, -0.05) is 0 Å². The second-order valence-corrected chi connectivity index (χ2v) is 4.64. The summed E-state index contributed by atoms with van der Waals surface area (Å²) in [5, 5.41) is 27.6. The van der Waals surface area contributed by atoms with Gasteiger partial charge in [0.15, 0.2) is 11.6 Å². The fourth-order valence-electron chi connectivity index (χ4n) is 2.16. The lowest BCUT2D eigenvalue weighted by atomic mass is 10.2. The fraction of sp³-hybridized carbons (Fsp3) is 0.545. The molecular formula is C11H16N4O6. The number of aliphatic carboxylic acids is 1. The van der Waals surface area contributed by atoms with Crippen LogP contribution in [0.1, 0.15) is 6.17 Å². The monoisotopic (exact) mass is 300 g/mol. The molecule has 1 saturated heterocycles. The van der Waals surface area contributed by atoms with Crippen molar-refractivity contribution >= 4 is 11.8 Å². The van der Waals surface area contributed by atoms with E-state index in [0.29, 0.717) is 0 Å². The minimum Gasteiger partial charge on any atom is -0.503 e. The van der Waals surface area contributed by atoms with Crippen LogP contribution in [-0.2, 0) is 9.53 Å². The molecule has 21 heavy (non-hydrogen) atoms. The first-order chi connectivity index (χ1) is 9.92. The molecule has 0 radical (unpaired) electrons. The summed E-state index contributed by atoms with van der Waals surface area (Å²) in [6.45, 7) is -0.500. The van der Waals surface area contributed by atoms with Gasteiger partial charge in [-0.25, -0.2) is 4.79 Å². The number of nitrogens with two attached hydrogens (primary N) is 1. The lowest BCUT2D eigenvalue weighted by Gasteiger charge is -2.38. The average Bonchev–Trinajstić information content (AvgIpc) is 2.42. The van der Waals surface area contributed by atoms with Crippen molar-refractivity contribution in [2.75, 3.05) is 32.0 Å². The Morgan fingerprint density at radius 3 is 2.90 bits per heavy atom. The summed E-state index contributed by atoms with van der Waals surface area (Å²) in [6.07, 6.45) is -0.200. The van der Waals surface area contributed by atoms with E-state index in [0.717, 1.165) is 10.8 Å². The Morgan fingerprint density at radius 1 is 1.57 bits per heavy atom. The molecular weight excluding hydrogens is 284 g/mol. The SMILES string of the molecule is Nc1nc(=O)n(C2COC(CO)CN2CC(=O)O)cc1O. The van der Waals surface area contributed by atoms with Crippen molar-refractivity contribution < 1.29 is 24.9 Å². The third-order valence-electron chi connectivity index (χ3n) is 3.16. The second-order valence-electron chi connectivity index (χ2n) is 4.64. The number of anilines is 1. The molecule has 2 rings (SSSR count). The first-order valence-electron chi connectivity index (χ1n) is 6.18. The Morgan fingerprint density at radius 2 is 2.29 bits per heavy atom. The number of carboxylic acid groups (broad SMARTS) is 1. The van der Waals surface area contributed by atoms with Crippen LogP contribution in [0.3, 0.4) is 0 Å². The van der Waals surface area contributed by atoms with Crippen LogP contribution in [0, 0.1) is 0 Å². The van der Waals surface area contributed by atoms with Gasteiger partial charge >= 0.3 is 11.7 Å². The van der Waals surface area contributed by atoms with Crippen LogP contribution >= 0.6 is 0 Å². The number of aliphatic hydroxyl groups is 1. The van der Waals surface area contributed by atoms with E-state index in [-0.39, 0.29) is 37.9 Å². The van der Waals surface area contributed by atoms with Crippen molar-refractivity contribution in [1.82, 2.24) is 14.5 Å². The van der Waals surface area contributed by atoms with Crippen molar-refractivity contribution in [3.8, 4) is 5.75 Å². The van der Waals surface area contributed by atoms with E-state index in [1.54, 1.807) is 0 Å². The van der Waals surface area contributed by atoms with Crippen LogP contribution in [0.5, 0.6) is 5.75 Å². The van der Waals surface area contributed by atoms with E-state index in [9.17, 15) is 14.7 Å². The van der Waals surface area contributed by atoms with Gasteiger partial charge in [-0.05, 0) is 0 Å². The van der Waals surface area contributed by atoms with E-state index in [2.05, 4.69) is 4.98 Å². The Bertz CT molecular complexity index is 589. The molecule has 0 saturated carbocycles. The zero-order chi connectivity index (χ0) is 15.6. The summed E-state index contributed by atoms with van der Waals surface area (Å²) in [7, 11) is 0. The molecule has 0 bridgehead atoms. The molecule has 5 N–H and O–H groups in total. The molecule has 1 fully saturated rings. The topological polar surface area (TPSA) is 151 Å². The summed E-state index contributed by atoms with van der Waals surface area (Å²) >= 11 is 0. The minimum atomic E-state index is -1.08. The number of hydrogen-bond donors (Lipinski definition) is 4. The maximum atomic E-state index is 11.9. The third-order valence-corrected chi connectivity index (χ3v) is 3.16. The molecule has 2 heterocycles. The average molecular weight is 300 g/mol. The molecule has 1 aromatic rings. The number of ether oxygens (including phenoxy) is 1. The van der Waals surface area contributed by atoms with E-state index in [1.165, 1.54) is 4.90 Å². The molecule has 2 atom stereocenters. The van der Waals surface area contributed by atoms with Crippen LogP contribution in [0.15, 0.2) is 11.0 Å². The Labute approximate surface area is 119 Å². The number of carbonyl (C=O) groups is 1. The number of rotatable bonds is 4. The van der Waals surface area contributed by atoms with E-state index >= 15 is 0 Å². The molecule has 2 unspecified atom stereocenters. The number of nitrogen functional groups attached to an aromatic ring is 1. The zero-order valence-corrected chi connectivity index (χ0v) is 11.0. The molecule has 1 aliphatic rings. The third kappa shape index (κ3) is 3.29. The normalized spacial score (nSPS) is 23.1. The molecule has 0 amide bonds. The lowest BCUT2D eigenvalue weighted by Crippen LogP contribution is -2.52. The largest absolute Gasteiger partial charge is 0.503 e. The van der Waals surface area contributed by atoms with Crippen molar-refractivity contribution in [1.29, 1.82) is 0 Å². The molecule has 1 aliphatic heterocycles. The Hall–Kier alpha value is -2.17. The number of nitrogens with zero attached hydrogens (tertiary/aromatic N) is 3. The Balaban J connectivity index is 2.33. The quantitative estimate of drug-likeness (QED) is 0.485. The van der Waals surface area contributed by atoms with E-state index in [4.69, 9.17) is 20.7 Å². The van der Waals surface area contributed by atoms with Gasteiger partial charge < -0.3 is 25.8 Å². The van der Waals surface area contributed by atoms with Gasteiger partial charge in [0, 0.05) is 6.54 Å². The highest BCUT2D eigenvalue weighted by Gasteiger charge is 2.32. The van der Waals surface area contributed by atoms with Gasteiger partial charge in [-0.3, -0.25) is 14.3 Å². The van der Waals surface area contributed by atoms with Gasteiger partial charge in [0.25, 0.3) is 0 Å². The van der Waals surface area contributed by atoms with Crippen LogP contribution in [-0.4, -0.2) is 68.1 Å². The van der Waals surface area contributed by atoms with Crippen LogP contribution in [0.25, 0.3) is 0 Å². The number of aliphatic hydroxyl groups excluding tert-OH is 1. The van der Waals surface area contributed by atoms with Crippen molar-refractivity contribution in [3.63, 3.8) is 0 Å². The van der Waals surface area contributed by atoms with Gasteiger partial charge in [-0.2, -0.15) is 4.98 Å². The standard InChI is InChI=1S/C11H16N4O6/c12-10-7(17)2-15(11(20)13-10)8-5-21-6(4-16)1-14(8)3-9(18)19/h2,6,8,16-17H,1,3-5H2,(H,18,19)(H2,12,13,20). The van der Waals surface area contributed by atoms with Crippen molar-refractivity contribution in [3.05, 3.63) is 16.7 Å². The highest BCUT2D eigenvalue weighted by atomic mass is 16.5. The molecule has 0 spiro atoms. The second kappa shape index (κ2) is 6.08. The molecule has 1 aromatic heterocycles. The first kappa shape index (κ1) is 15.2. The highest BCUT2D eigenvalue weighted by molar-refractivity contribution is 5.69. The van der Waals surface area contributed by atoms with Crippen LogP contribution < -0.4 is 11.4 Å². The van der Waals surface area contributed by atoms with Crippen LogP contribution in [0.4, 0.5) is 5.82 Å². The predicted molar refractivity (Wildman–Crippen MR) is 69.6 cm³/mol. The van der Waals surface area contributed by atoms with Crippen molar-refractivity contribution in [2.24, 2.45) is 0 Å². The van der Waals surface area contributed by atoms with Gasteiger partial charge in [-0.15, -0.1) is 0 Å². The maximum absolute atomic E-state index is 11.9. The summed E-state index contributed by atoms with van der Waals surface area (Å²) in [5.74, 6) is -1.76. The predicted octanol–water partition coefficient (Wildman–Crippen LogP) is -2.19. The van der Waals surface area contributed by atoms with Gasteiger partial charge in [0.1, 0.15) is 6.17 Å².